The van der Waals surface area contributed by atoms with Gasteiger partial charge >= 0.3 is 0 Å². The summed E-state index contributed by atoms with van der Waals surface area (Å²) in [7, 11) is 1.48. The van der Waals surface area contributed by atoms with Crippen LogP contribution in [0.5, 0.6) is 5.75 Å². The van der Waals surface area contributed by atoms with Gasteiger partial charge in [-0.05, 0) is 25.0 Å². The normalized spacial score (nSPS) is 22.3. The Morgan fingerprint density at radius 1 is 1.58 bits per heavy atom. The van der Waals surface area contributed by atoms with E-state index >= 15 is 0 Å². The number of nitrogens with two attached hydrogens (primary N) is 1. The van der Waals surface area contributed by atoms with Gasteiger partial charge in [0, 0.05) is 12.6 Å². The lowest BCUT2D eigenvalue weighted by atomic mass is 10.2. The van der Waals surface area contributed by atoms with Crippen LogP contribution in [0.4, 0.5) is 10.1 Å². The first kappa shape index (κ1) is 13.8. The zero-order chi connectivity index (χ0) is 13.8. The molecule has 5 nitrogen and oxygen atoms in total. The number of amides is 1. The summed E-state index contributed by atoms with van der Waals surface area (Å²) in [5, 5.41) is 2.51. The van der Waals surface area contributed by atoms with Crippen LogP contribution in [0.3, 0.4) is 0 Å². The molecule has 1 aliphatic rings. The van der Waals surface area contributed by atoms with Crippen LogP contribution in [-0.4, -0.2) is 31.8 Å². The maximum atomic E-state index is 13.6. The summed E-state index contributed by atoms with van der Waals surface area (Å²) < 4.78 is 24.0. The molecule has 6 heteroatoms. The van der Waals surface area contributed by atoms with Crippen molar-refractivity contribution in [2.24, 2.45) is 5.73 Å². The number of carbonyl (C=O) groups excluding carboxylic acids is 1. The highest BCUT2D eigenvalue weighted by atomic mass is 19.1. The maximum Gasteiger partial charge on any atom is 0.253 e. The lowest BCUT2D eigenvalue weighted by molar-refractivity contribution is -0.126. The molecule has 104 valence electrons. The van der Waals surface area contributed by atoms with Gasteiger partial charge in [0.2, 0.25) is 0 Å². The summed E-state index contributed by atoms with van der Waals surface area (Å²) in [6, 6.07) is 4.16. The average Bonchev–Trinajstić information content (AvgIpc) is 2.90. The van der Waals surface area contributed by atoms with Gasteiger partial charge < -0.3 is 20.5 Å². The van der Waals surface area contributed by atoms with E-state index in [-0.39, 0.29) is 17.7 Å². The molecular weight excluding hydrogens is 251 g/mol. The zero-order valence-electron chi connectivity index (χ0n) is 10.7. The van der Waals surface area contributed by atoms with Gasteiger partial charge in [-0.25, -0.2) is 4.39 Å². The molecule has 1 heterocycles. The number of anilines is 1. The van der Waals surface area contributed by atoms with Crippen molar-refractivity contribution in [3.8, 4) is 5.75 Å². The van der Waals surface area contributed by atoms with Crippen molar-refractivity contribution < 1.29 is 18.7 Å². The van der Waals surface area contributed by atoms with Crippen molar-refractivity contribution in [2.45, 2.75) is 25.0 Å². The van der Waals surface area contributed by atoms with E-state index in [4.69, 9.17) is 15.2 Å². The van der Waals surface area contributed by atoms with Crippen molar-refractivity contribution in [2.75, 3.05) is 19.0 Å². The summed E-state index contributed by atoms with van der Waals surface area (Å²) in [6.45, 7) is 0.386. The molecule has 0 unspecified atom stereocenters. The highest BCUT2D eigenvalue weighted by Crippen LogP contribution is 2.24. The van der Waals surface area contributed by atoms with Crippen molar-refractivity contribution in [3.05, 3.63) is 24.0 Å². The van der Waals surface area contributed by atoms with E-state index in [2.05, 4.69) is 5.32 Å². The molecule has 1 aromatic rings. The van der Waals surface area contributed by atoms with Gasteiger partial charge in [0.25, 0.3) is 5.91 Å². The van der Waals surface area contributed by atoms with Crippen LogP contribution < -0.4 is 15.8 Å². The third-order valence-electron chi connectivity index (χ3n) is 3.09. The number of benzene rings is 1. The van der Waals surface area contributed by atoms with Crippen LogP contribution in [0.15, 0.2) is 18.2 Å². The molecule has 1 aromatic carbocycles. The molecule has 3 N–H and O–H groups in total. The Bertz CT molecular complexity index is 467. The Labute approximate surface area is 110 Å². The number of carbonyl (C=O) groups is 1. The highest BCUT2D eigenvalue weighted by Gasteiger charge is 2.30. The third kappa shape index (κ3) is 3.21. The number of ether oxygens (including phenoxy) is 2. The lowest BCUT2D eigenvalue weighted by Gasteiger charge is -2.13. The molecule has 2 atom stereocenters. The van der Waals surface area contributed by atoms with Crippen molar-refractivity contribution in [1.29, 1.82) is 0 Å². The van der Waals surface area contributed by atoms with Crippen LogP contribution in [0.1, 0.15) is 12.8 Å². The van der Waals surface area contributed by atoms with Gasteiger partial charge in [-0.3, -0.25) is 4.79 Å². The fraction of sp³-hybridized carbons (Fsp3) is 0.462. The first-order valence-corrected chi connectivity index (χ1v) is 6.14. The summed E-state index contributed by atoms with van der Waals surface area (Å²) in [4.78, 5) is 11.9. The standard InChI is InChI=1S/C13H17FN2O3/c1-18-8-2-4-10(14)11(6-8)16-13(17)12-5-3-9(7-15)19-12/h2,4,6,9,12H,3,5,7,15H2,1H3,(H,16,17)/t9-,12+/m1/s1. The minimum atomic E-state index is -0.570. The molecular formula is C13H17FN2O3. The number of rotatable bonds is 4. The zero-order valence-corrected chi connectivity index (χ0v) is 10.7. The largest absolute Gasteiger partial charge is 0.497 e. The molecule has 0 radical (unpaired) electrons. The smallest absolute Gasteiger partial charge is 0.253 e. The Kier molecular flexibility index (Phi) is 4.34. The minimum Gasteiger partial charge on any atom is -0.497 e. The van der Waals surface area contributed by atoms with Gasteiger partial charge in [-0.2, -0.15) is 0 Å². The molecule has 0 spiro atoms. The molecule has 0 aliphatic carbocycles. The number of nitrogens with one attached hydrogen (secondary N) is 1. The van der Waals surface area contributed by atoms with E-state index in [9.17, 15) is 9.18 Å². The molecule has 0 saturated carbocycles. The summed E-state index contributed by atoms with van der Waals surface area (Å²) >= 11 is 0. The number of halogens is 1. The van der Waals surface area contributed by atoms with Crippen LogP contribution in [0.2, 0.25) is 0 Å². The Morgan fingerprint density at radius 3 is 3.00 bits per heavy atom. The van der Waals surface area contributed by atoms with Crippen molar-refractivity contribution >= 4 is 11.6 Å². The second kappa shape index (κ2) is 5.99. The number of methoxy groups -OCH3 is 1. The van der Waals surface area contributed by atoms with Gasteiger partial charge in [-0.15, -0.1) is 0 Å². The monoisotopic (exact) mass is 268 g/mol. The van der Waals surface area contributed by atoms with Gasteiger partial charge in [0.1, 0.15) is 17.7 Å². The number of hydrogen-bond donors (Lipinski definition) is 2. The quantitative estimate of drug-likeness (QED) is 0.862. The van der Waals surface area contributed by atoms with Crippen LogP contribution in [-0.2, 0) is 9.53 Å². The Hall–Kier alpha value is -1.66. The molecule has 0 aromatic heterocycles. The van der Waals surface area contributed by atoms with Crippen molar-refractivity contribution in [1.82, 2.24) is 0 Å². The molecule has 1 amide bonds. The lowest BCUT2D eigenvalue weighted by Crippen LogP contribution is -2.30. The first-order chi connectivity index (χ1) is 9.13. The Balaban J connectivity index is 2.03. The molecule has 19 heavy (non-hydrogen) atoms. The van der Waals surface area contributed by atoms with Gasteiger partial charge in [0.15, 0.2) is 0 Å². The van der Waals surface area contributed by atoms with Crippen LogP contribution in [0, 0.1) is 5.82 Å². The molecule has 1 saturated heterocycles. The second-order valence-electron chi connectivity index (χ2n) is 4.39. The second-order valence-corrected chi connectivity index (χ2v) is 4.39. The van der Waals surface area contributed by atoms with E-state index in [0.717, 1.165) is 6.42 Å². The molecule has 2 rings (SSSR count). The van der Waals surface area contributed by atoms with Gasteiger partial charge in [-0.1, -0.05) is 0 Å². The van der Waals surface area contributed by atoms with Crippen LogP contribution >= 0.6 is 0 Å². The predicted octanol–water partition coefficient (Wildman–Crippen LogP) is 1.28. The van der Waals surface area contributed by atoms with E-state index < -0.39 is 11.9 Å². The SMILES string of the molecule is COc1ccc(F)c(NC(=O)[C@@H]2CC[C@H](CN)O2)c1. The van der Waals surface area contributed by atoms with E-state index in [1.165, 1.54) is 25.3 Å². The third-order valence-corrected chi connectivity index (χ3v) is 3.09. The van der Waals surface area contributed by atoms with E-state index in [1.54, 1.807) is 0 Å². The van der Waals surface area contributed by atoms with E-state index in [1.807, 2.05) is 0 Å². The first-order valence-electron chi connectivity index (χ1n) is 6.14. The van der Waals surface area contributed by atoms with Gasteiger partial charge in [0.05, 0.1) is 18.9 Å². The van der Waals surface area contributed by atoms with Crippen molar-refractivity contribution in [3.63, 3.8) is 0 Å². The molecule has 0 bridgehead atoms. The van der Waals surface area contributed by atoms with E-state index in [0.29, 0.717) is 18.7 Å². The topological polar surface area (TPSA) is 73.6 Å². The highest BCUT2D eigenvalue weighted by molar-refractivity contribution is 5.94. The fourth-order valence-corrected chi connectivity index (χ4v) is 2.01. The summed E-state index contributed by atoms with van der Waals surface area (Å²) in [6.07, 6.45) is 0.680. The summed E-state index contributed by atoms with van der Waals surface area (Å²) in [5.74, 6) is -0.394. The predicted molar refractivity (Wildman–Crippen MR) is 68.5 cm³/mol. The Morgan fingerprint density at radius 2 is 2.37 bits per heavy atom. The van der Waals surface area contributed by atoms with Crippen LogP contribution in [0.25, 0.3) is 0 Å². The maximum absolute atomic E-state index is 13.6. The number of hydrogen-bond acceptors (Lipinski definition) is 4. The molecule has 1 fully saturated rings. The fourth-order valence-electron chi connectivity index (χ4n) is 2.01. The molecule has 1 aliphatic heterocycles. The average molecular weight is 268 g/mol. The summed E-state index contributed by atoms with van der Waals surface area (Å²) in [5.41, 5.74) is 5.56. The minimum absolute atomic E-state index is 0.0872.